The summed E-state index contributed by atoms with van der Waals surface area (Å²) in [6, 6.07) is 12.9. The fourth-order valence-corrected chi connectivity index (χ4v) is 3.42. The fourth-order valence-electron chi connectivity index (χ4n) is 1.85. The molecule has 0 unspecified atom stereocenters. The zero-order chi connectivity index (χ0) is 12.3. The second kappa shape index (κ2) is 4.85. The van der Waals surface area contributed by atoms with Crippen LogP contribution in [-0.2, 0) is 9.84 Å². The monoisotopic (exact) mass is 249 g/mol. The highest BCUT2D eigenvalue weighted by atomic mass is 32.2. The Bertz CT molecular complexity index is 615. The van der Waals surface area contributed by atoms with Crippen molar-refractivity contribution in [2.75, 3.05) is 12.3 Å². The van der Waals surface area contributed by atoms with Crippen molar-refractivity contribution in [2.24, 2.45) is 5.73 Å². The van der Waals surface area contributed by atoms with Gasteiger partial charge in [0.05, 0.1) is 10.6 Å². The highest BCUT2D eigenvalue weighted by Gasteiger charge is 2.16. The van der Waals surface area contributed by atoms with E-state index in [1.54, 1.807) is 12.1 Å². The summed E-state index contributed by atoms with van der Waals surface area (Å²) >= 11 is 0. The van der Waals surface area contributed by atoms with Gasteiger partial charge in [0.2, 0.25) is 0 Å². The van der Waals surface area contributed by atoms with Crippen molar-refractivity contribution < 1.29 is 8.42 Å². The van der Waals surface area contributed by atoms with Gasteiger partial charge >= 0.3 is 0 Å². The van der Waals surface area contributed by atoms with Crippen LogP contribution in [0, 0.1) is 0 Å². The molecule has 0 aliphatic rings. The van der Waals surface area contributed by atoms with Crippen LogP contribution in [0.25, 0.3) is 10.8 Å². The van der Waals surface area contributed by atoms with E-state index >= 15 is 0 Å². The lowest BCUT2D eigenvalue weighted by Gasteiger charge is -2.07. The van der Waals surface area contributed by atoms with Crippen molar-refractivity contribution in [1.82, 2.24) is 0 Å². The second-order valence-electron chi connectivity index (χ2n) is 3.94. The van der Waals surface area contributed by atoms with Crippen LogP contribution in [-0.4, -0.2) is 20.7 Å². The van der Waals surface area contributed by atoms with Gasteiger partial charge in [-0.1, -0.05) is 36.4 Å². The van der Waals surface area contributed by atoms with E-state index in [1.165, 1.54) is 0 Å². The first-order valence-electron chi connectivity index (χ1n) is 5.56. The largest absolute Gasteiger partial charge is 0.330 e. The van der Waals surface area contributed by atoms with E-state index in [2.05, 4.69) is 0 Å². The lowest BCUT2D eigenvalue weighted by atomic mass is 10.1. The lowest BCUT2D eigenvalue weighted by molar-refractivity contribution is 0.594. The van der Waals surface area contributed by atoms with E-state index in [4.69, 9.17) is 5.73 Å². The van der Waals surface area contributed by atoms with Gasteiger partial charge in [-0.3, -0.25) is 0 Å². The molecule has 0 atom stereocenters. The van der Waals surface area contributed by atoms with Gasteiger partial charge in [0.1, 0.15) is 0 Å². The molecule has 0 aliphatic carbocycles. The minimum atomic E-state index is -3.23. The van der Waals surface area contributed by atoms with Crippen LogP contribution >= 0.6 is 0 Å². The maximum Gasteiger partial charge on any atom is 0.179 e. The van der Waals surface area contributed by atoms with Crippen LogP contribution in [0.3, 0.4) is 0 Å². The average molecular weight is 249 g/mol. The summed E-state index contributed by atoms with van der Waals surface area (Å²) in [6.07, 6.45) is 0.492. The van der Waals surface area contributed by atoms with E-state index in [0.29, 0.717) is 17.9 Å². The summed E-state index contributed by atoms with van der Waals surface area (Å²) < 4.78 is 24.3. The van der Waals surface area contributed by atoms with E-state index in [1.807, 2.05) is 30.3 Å². The maximum atomic E-state index is 12.1. The van der Waals surface area contributed by atoms with Crippen LogP contribution in [0.4, 0.5) is 0 Å². The Hall–Kier alpha value is -1.39. The highest BCUT2D eigenvalue weighted by Crippen LogP contribution is 2.23. The van der Waals surface area contributed by atoms with E-state index in [-0.39, 0.29) is 5.75 Å². The quantitative estimate of drug-likeness (QED) is 0.901. The van der Waals surface area contributed by atoms with Gasteiger partial charge in [0.25, 0.3) is 0 Å². The topological polar surface area (TPSA) is 60.2 Å². The zero-order valence-electron chi connectivity index (χ0n) is 9.46. The first kappa shape index (κ1) is 12.1. The van der Waals surface area contributed by atoms with Crippen molar-refractivity contribution in [3.05, 3.63) is 42.5 Å². The van der Waals surface area contributed by atoms with Crippen LogP contribution in [0.5, 0.6) is 0 Å². The molecule has 0 bridgehead atoms. The molecule has 0 spiro atoms. The number of hydrogen-bond donors (Lipinski definition) is 1. The van der Waals surface area contributed by atoms with Gasteiger partial charge in [-0.15, -0.1) is 0 Å². The molecular weight excluding hydrogens is 234 g/mol. The van der Waals surface area contributed by atoms with Gasteiger partial charge in [-0.25, -0.2) is 8.42 Å². The highest BCUT2D eigenvalue weighted by molar-refractivity contribution is 7.91. The summed E-state index contributed by atoms with van der Waals surface area (Å²) in [5.74, 6) is 0.109. The molecule has 0 fully saturated rings. The molecule has 90 valence electrons. The molecule has 0 saturated carbocycles. The molecule has 0 saturated heterocycles. The maximum absolute atomic E-state index is 12.1. The summed E-state index contributed by atoms with van der Waals surface area (Å²) in [7, 11) is -3.23. The van der Waals surface area contributed by atoms with E-state index < -0.39 is 9.84 Å². The third-order valence-corrected chi connectivity index (χ3v) is 4.55. The summed E-state index contributed by atoms with van der Waals surface area (Å²) in [5.41, 5.74) is 5.36. The normalized spacial score (nSPS) is 11.8. The third kappa shape index (κ3) is 2.48. The molecule has 3 nitrogen and oxygen atoms in total. The summed E-state index contributed by atoms with van der Waals surface area (Å²) in [6.45, 7) is 0.393. The summed E-state index contributed by atoms with van der Waals surface area (Å²) in [5, 5.41) is 1.73. The van der Waals surface area contributed by atoms with Crippen molar-refractivity contribution in [2.45, 2.75) is 11.3 Å². The third-order valence-electron chi connectivity index (χ3n) is 2.70. The Balaban J connectivity index is 2.55. The molecule has 0 amide bonds. The Morgan fingerprint density at radius 2 is 1.71 bits per heavy atom. The van der Waals surface area contributed by atoms with Crippen molar-refractivity contribution in [1.29, 1.82) is 0 Å². The van der Waals surface area contributed by atoms with Crippen LogP contribution < -0.4 is 5.73 Å². The number of fused-ring (bicyclic) bond motifs is 1. The zero-order valence-corrected chi connectivity index (χ0v) is 10.3. The molecule has 17 heavy (non-hydrogen) atoms. The Labute approximate surface area is 101 Å². The molecule has 2 N–H and O–H groups in total. The molecule has 4 heteroatoms. The average Bonchev–Trinajstić information content (AvgIpc) is 2.36. The molecule has 2 aromatic carbocycles. The molecule has 0 radical (unpaired) electrons. The van der Waals surface area contributed by atoms with Gasteiger partial charge in [0, 0.05) is 5.39 Å². The van der Waals surface area contributed by atoms with Crippen molar-refractivity contribution >= 4 is 20.6 Å². The molecular formula is C13H15NO2S. The van der Waals surface area contributed by atoms with Crippen LogP contribution in [0.15, 0.2) is 47.4 Å². The Kier molecular flexibility index (Phi) is 3.45. The molecule has 0 heterocycles. The first-order valence-corrected chi connectivity index (χ1v) is 7.21. The van der Waals surface area contributed by atoms with Crippen LogP contribution in [0.2, 0.25) is 0 Å². The Morgan fingerprint density at radius 1 is 1.00 bits per heavy atom. The van der Waals surface area contributed by atoms with Crippen molar-refractivity contribution in [3.63, 3.8) is 0 Å². The second-order valence-corrected chi connectivity index (χ2v) is 6.02. The van der Waals surface area contributed by atoms with Gasteiger partial charge in [-0.05, 0) is 24.4 Å². The predicted octanol–water partition coefficient (Wildman–Crippen LogP) is 1.96. The fraction of sp³-hybridized carbons (Fsp3) is 0.231. The van der Waals surface area contributed by atoms with Crippen molar-refractivity contribution in [3.8, 4) is 0 Å². The number of benzene rings is 2. The predicted molar refractivity (Wildman–Crippen MR) is 69.7 cm³/mol. The Morgan fingerprint density at radius 3 is 2.47 bits per heavy atom. The number of sulfone groups is 1. The molecule has 0 aromatic heterocycles. The van der Waals surface area contributed by atoms with Gasteiger partial charge in [-0.2, -0.15) is 0 Å². The standard InChI is InChI=1S/C13H15NO2S/c14-9-4-10-17(15,16)13-8-3-6-11-5-1-2-7-12(11)13/h1-3,5-8H,4,9-10,14H2. The van der Waals surface area contributed by atoms with Crippen LogP contribution in [0.1, 0.15) is 6.42 Å². The van der Waals surface area contributed by atoms with E-state index in [0.717, 1.165) is 10.8 Å². The minimum Gasteiger partial charge on any atom is -0.330 e. The number of rotatable bonds is 4. The minimum absolute atomic E-state index is 0.109. The molecule has 2 rings (SSSR count). The first-order chi connectivity index (χ1) is 8.15. The molecule has 0 aliphatic heterocycles. The summed E-state index contributed by atoms with van der Waals surface area (Å²) in [4.78, 5) is 0.407. The molecule has 2 aromatic rings. The number of nitrogens with two attached hydrogens (primary N) is 1. The number of hydrogen-bond acceptors (Lipinski definition) is 3. The van der Waals surface area contributed by atoms with Gasteiger partial charge < -0.3 is 5.73 Å². The lowest BCUT2D eigenvalue weighted by Crippen LogP contribution is -2.11. The smallest absolute Gasteiger partial charge is 0.179 e. The van der Waals surface area contributed by atoms with Gasteiger partial charge in [0.15, 0.2) is 9.84 Å². The van der Waals surface area contributed by atoms with E-state index in [9.17, 15) is 8.42 Å². The SMILES string of the molecule is NCCCS(=O)(=O)c1cccc2ccccc12.